The molecular weight excluding hydrogens is 268 g/mol. The van der Waals surface area contributed by atoms with Crippen LogP contribution in [-0.2, 0) is 14.3 Å². The highest BCUT2D eigenvalue weighted by Crippen LogP contribution is 2.34. The maximum atomic E-state index is 12.3. The molecule has 0 aromatic heterocycles. The number of nitrogens with one attached hydrogen (secondary N) is 1. The first-order chi connectivity index (χ1) is 10.2. The van der Waals surface area contributed by atoms with E-state index in [2.05, 4.69) is 24.1 Å². The SMILES string of the molecule is CCNC1(C(=O)OC)CCCC(N2CCOCC2CC)C1. The number of esters is 1. The Balaban J connectivity index is 2.12. The van der Waals surface area contributed by atoms with Gasteiger partial charge in [0.05, 0.1) is 20.3 Å². The monoisotopic (exact) mass is 298 g/mol. The molecule has 5 heteroatoms. The van der Waals surface area contributed by atoms with Crippen molar-refractivity contribution in [1.29, 1.82) is 0 Å². The summed E-state index contributed by atoms with van der Waals surface area (Å²) in [6, 6.07) is 0.935. The van der Waals surface area contributed by atoms with Crippen LogP contribution in [-0.4, -0.2) is 61.9 Å². The molecule has 2 rings (SSSR count). The molecular formula is C16H30N2O3. The molecule has 1 N–H and O–H groups in total. The van der Waals surface area contributed by atoms with Crippen molar-refractivity contribution < 1.29 is 14.3 Å². The van der Waals surface area contributed by atoms with Crippen LogP contribution in [0.3, 0.4) is 0 Å². The predicted molar refractivity (Wildman–Crippen MR) is 82.3 cm³/mol. The van der Waals surface area contributed by atoms with Gasteiger partial charge in [0.15, 0.2) is 0 Å². The van der Waals surface area contributed by atoms with E-state index in [0.29, 0.717) is 12.1 Å². The molecule has 21 heavy (non-hydrogen) atoms. The summed E-state index contributed by atoms with van der Waals surface area (Å²) in [4.78, 5) is 14.9. The number of hydrogen-bond donors (Lipinski definition) is 1. The second kappa shape index (κ2) is 7.56. The summed E-state index contributed by atoms with van der Waals surface area (Å²) in [6.07, 6.45) is 5.07. The first-order valence-corrected chi connectivity index (χ1v) is 8.33. The van der Waals surface area contributed by atoms with Crippen molar-refractivity contribution in [2.75, 3.05) is 33.4 Å². The van der Waals surface area contributed by atoms with Crippen LogP contribution in [0.5, 0.6) is 0 Å². The Labute approximate surface area is 128 Å². The van der Waals surface area contributed by atoms with Crippen LogP contribution >= 0.6 is 0 Å². The summed E-state index contributed by atoms with van der Waals surface area (Å²) in [7, 11) is 1.49. The van der Waals surface area contributed by atoms with Gasteiger partial charge < -0.3 is 14.8 Å². The van der Waals surface area contributed by atoms with Gasteiger partial charge in [-0.05, 0) is 38.6 Å². The lowest BCUT2D eigenvalue weighted by Gasteiger charge is -2.47. The first-order valence-electron chi connectivity index (χ1n) is 8.33. The van der Waals surface area contributed by atoms with Gasteiger partial charge in [-0.2, -0.15) is 0 Å². The van der Waals surface area contributed by atoms with Crippen LogP contribution in [0.15, 0.2) is 0 Å². The number of methoxy groups -OCH3 is 1. The van der Waals surface area contributed by atoms with Crippen molar-refractivity contribution in [3.63, 3.8) is 0 Å². The van der Waals surface area contributed by atoms with Gasteiger partial charge >= 0.3 is 5.97 Å². The highest BCUT2D eigenvalue weighted by molar-refractivity contribution is 5.81. The molecule has 0 aromatic rings. The van der Waals surface area contributed by atoms with E-state index in [1.165, 1.54) is 13.5 Å². The van der Waals surface area contributed by atoms with Gasteiger partial charge in [0.1, 0.15) is 5.54 Å². The molecule has 0 amide bonds. The van der Waals surface area contributed by atoms with Crippen molar-refractivity contribution in [1.82, 2.24) is 10.2 Å². The Bertz CT molecular complexity index is 346. The molecule has 0 bridgehead atoms. The second-order valence-corrected chi connectivity index (χ2v) is 6.23. The number of nitrogens with zero attached hydrogens (tertiary/aromatic N) is 1. The zero-order chi connectivity index (χ0) is 15.3. The number of ether oxygens (including phenoxy) is 2. The summed E-state index contributed by atoms with van der Waals surface area (Å²) < 4.78 is 10.7. The Kier molecular flexibility index (Phi) is 6.02. The molecule has 2 fully saturated rings. The van der Waals surface area contributed by atoms with E-state index in [9.17, 15) is 4.79 Å². The van der Waals surface area contributed by atoms with Gasteiger partial charge in [-0.1, -0.05) is 13.8 Å². The quantitative estimate of drug-likeness (QED) is 0.781. The average Bonchev–Trinajstić information content (AvgIpc) is 2.54. The van der Waals surface area contributed by atoms with Crippen molar-refractivity contribution in [2.24, 2.45) is 0 Å². The van der Waals surface area contributed by atoms with Crippen LogP contribution in [0.4, 0.5) is 0 Å². The van der Waals surface area contributed by atoms with Crippen LogP contribution in [0.2, 0.25) is 0 Å². The number of rotatable bonds is 5. The lowest BCUT2D eigenvalue weighted by Crippen LogP contribution is -2.61. The number of likely N-dealkylation sites (N-methyl/N-ethyl adjacent to an activating group) is 1. The summed E-state index contributed by atoms with van der Waals surface area (Å²) >= 11 is 0. The molecule has 1 heterocycles. The van der Waals surface area contributed by atoms with Crippen LogP contribution in [0.1, 0.15) is 46.0 Å². The zero-order valence-corrected chi connectivity index (χ0v) is 13.7. The third-order valence-electron chi connectivity index (χ3n) is 5.03. The normalized spacial score (nSPS) is 34.6. The van der Waals surface area contributed by atoms with Crippen LogP contribution < -0.4 is 5.32 Å². The van der Waals surface area contributed by atoms with Gasteiger partial charge in [0.2, 0.25) is 0 Å². The van der Waals surface area contributed by atoms with Gasteiger partial charge in [-0.15, -0.1) is 0 Å². The van der Waals surface area contributed by atoms with Crippen molar-refractivity contribution in [3.8, 4) is 0 Å². The number of carbonyl (C=O) groups is 1. The molecule has 0 aromatic carbocycles. The van der Waals surface area contributed by atoms with Gasteiger partial charge in [-0.25, -0.2) is 0 Å². The Morgan fingerprint density at radius 3 is 2.95 bits per heavy atom. The lowest BCUT2D eigenvalue weighted by molar-refractivity contribution is -0.152. The smallest absolute Gasteiger partial charge is 0.326 e. The molecule has 5 nitrogen and oxygen atoms in total. The molecule has 122 valence electrons. The minimum atomic E-state index is -0.497. The molecule has 1 aliphatic heterocycles. The summed E-state index contributed by atoms with van der Waals surface area (Å²) in [5.41, 5.74) is -0.497. The second-order valence-electron chi connectivity index (χ2n) is 6.23. The Hall–Kier alpha value is -0.650. The first kappa shape index (κ1) is 16.7. The topological polar surface area (TPSA) is 50.8 Å². The molecule has 0 spiro atoms. The van der Waals surface area contributed by atoms with E-state index in [4.69, 9.17) is 9.47 Å². The minimum absolute atomic E-state index is 0.102. The standard InChI is InChI=1S/C16H30N2O3/c1-4-13-12-21-10-9-18(13)14-7-6-8-16(11-14,17-5-2)15(19)20-3/h13-14,17H,4-12H2,1-3H3. The number of carbonyl (C=O) groups excluding carboxylic acids is 1. The summed E-state index contributed by atoms with van der Waals surface area (Å²) in [6.45, 7) is 7.67. The van der Waals surface area contributed by atoms with Gasteiger partial charge in [0.25, 0.3) is 0 Å². The lowest BCUT2D eigenvalue weighted by atomic mass is 9.77. The molecule has 2 aliphatic rings. The fourth-order valence-electron chi connectivity index (χ4n) is 3.98. The van der Waals surface area contributed by atoms with E-state index < -0.39 is 5.54 Å². The highest BCUT2D eigenvalue weighted by atomic mass is 16.5. The maximum Gasteiger partial charge on any atom is 0.326 e. The minimum Gasteiger partial charge on any atom is -0.468 e. The zero-order valence-electron chi connectivity index (χ0n) is 13.7. The molecule has 1 saturated heterocycles. The van der Waals surface area contributed by atoms with Crippen molar-refractivity contribution in [3.05, 3.63) is 0 Å². The Morgan fingerprint density at radius 2 is 2.29 bits per heavy atom. The molecule has 3 atom stereocenters. The molecule has 1 saturated carbocycles. The largest absolute Gasteiger partial charge is 0.468 e. The predicted octanol–water partition coefficient (Wildman–Crippen LogP) is 1.56. The molecule has 0 radical (unpaired) electrons. The van der Waals surface area contributed by atoms with E-state index in [1.807, 2.05) is 0 Å². The number of morpholine rings is 1. The van der Waals surface area contributed by atoms with Crippen LogP contribution in [0.25, 0.3) is 0 Å². The van der Waals surface area contributed by atoms with Gasteiger partial charge in [0, 0.05) is 18.6 Å². The Morgan fingerprint density at radius 1 is 1.48 bits per heavy atom. The van der Waals surface area contributed by atoms with E-state index in [-0.39, 0.29) is 5.97 Å². The maximum absolute atomic E-state index is 12.3. The summed E-state index contributed by atoms with van der Waals surface area (Å²) in [5.74, 6) is -0.102. The summed E-state index contributed by atoms with van der Waals surface area (Å²) in [5, 5.41) is 3.42. The van der Waals surface area contributed by atoms with Crippen LogP contribution in [0, 0.1) is 0 Å². The van der Waals surface area contributed by atoms with Crippen molar-refractivity contribution in [2.45, 2.75) is 63.6 Å². The third-order valence-corrected chi connectivity index (χ3v) is 5.03. The number of hydrogen-bond acceptors (Lipinski definition) is 5. The third kappa shape index (κ3) is 3.58. The van der Waals surface area contributed by atoms with E-state index in [1.54, 1.807) is 0 Å². The van der Waals surface area contributed by atoms with E-state index in [0.717, 1.165) is 52.0 Å². The molecule has 3 unspecified atom stereocenters. The molecule has 1 aliphatic carbocycles. The van der Waals surface area contributed by atoms with E-state index >= 15 is 0 Å². The average molecular weight is 298 g/mol. The highest BCUT2D eigenvalue weighted by Gasteiger charge is 2.45. The fourth-order valence-corrected chi connectivity index (χ4v) is 3.98. The fraction of sp³-hybridized carbons (Fsp3) is 0.938. The van der Waals surface area contributed by atoms with Gasteiger partial charge in [-0.3, -0.25) is 9.69 Å². The van der Waals surface area contributed by atoms with Crippen molar-refractivity contribution >= 4 is 5.97 Å².